The number of rotatable bonds is 5. The van der Waals surface area contributed by atoms with Crippen LogP contribution in [0.4, 0.5) is 10.5 Å². The molecule has 19 heavy (non-hydrogen) atoms. The van der Waals surface area contributed by atoms with Gasteiger partial charge in [-0.05, 0) is 44.7 Å². The van der Waals surface area contributed by atoms with Crippen molar-refractivity contribution < 1.29 is 9.90 Å². The van der Waals surface area contributed by atoms with Crippen LogP contribution in [0.5, 0.6) is 0 Å². The van der Waals surface area contributed by atoms with Crippen molar-refractivity contribution in [1.82, 2.24) is 5.32 Å². The number of anilines is 1. The summed E-state index contributed by atoms with van der Waals surface area (Å²) in [6.07, 6.45) is 1.39. The van der Waals surface area contributed by atoms with E-state index in [9.17, 15) is 4.79 Å². The Kier molecular flexibility index (Phi) is 5.36. The Morgan fingerprint density at radius 3 is 2.63 bits per heavy atom. The van der Waals surface area contributed by atoms with Crippen LogP contribution < -0.4 is 10.6 Å². The van der Waals surface area contributed by atoms with Crippen LogP contribution >= 0.6 is 0 Å². The molecule has 3 N–H and O–H groups in total. The van der Waals surface area contributed by atoms with E-state index < -0.39 is 5.54 Å². The van der Waals surface area contributed by atoms with Gasteiger partial charge in [-0.2, -0.15) is 0 Å². The zero-order valence-electron chi connectivity index (χ0n) is 12.2. The largest absolute Gasteiger partial charge is 0.396 e. The van der Waals surface area contributed by atoms with E-state index in [1.54, 1.807) is 0 Å². The molecule has 1 aromatic rings. The Hall–Kier alpha value is -1.55. The predicted octanol–water partition coefficient (Wildman–Crippen LogP) is 2.84. The molecule has 0 aliphatic rings. The van der Waals surface area contributed by atoms with Crippen LogP contribution in [-0.4, -0.2) is 23.3 Å². The highest BCUT2D eigenvalue weighted by Crippen LogP contribution is 2.21. The Morgan fingerprint density at radius 1 is 1.37 bits per heavy atom. The highest BCUT2D eigenvalue weighted by molar-refractivity contribution is 5.91. The maximum Gasteiger partial charge on any atom is 0.319 e. The molecule has 0 saturated heterocycles. The van der Waals surface area contributed by atoms with Gasteiger partial charge in [-0.25, -0.2) is 4.79 Å². The molecule has 0 radical (unpaired) electrons. The summed E-state index contributed by atoms with van der Waals surface area (Å²) < 4.78 is 0. The first-order valence-electron chi connectivity index (χ1n) is 6.68. The SMILES string of the molecule is CCc1cccc(C)c1NC(=O)NC(C)(C)CCO. The molecule has 1 aromatic carbocycles. The zero-order chi connectivity index (χ0) is 14.5. The fraction of sp³-hybridized carbons (Fsp3) is 0.533. The number of carbonyl (C=O) groups excluding carboxylic acids is 1. The summed E-state index contributed by atoms with van der Waals surface area (Å²) in [4.78, 5) is 12.0. The van der Waals surface area contributed by atoms with Gasteiger partial charge in [0.2, 0.25) is 0 Å². The molecular formula is C15H24N2O2. The molecule has 0 bridgehead atoms. The Balaban J connectivity index is 2.77. The minimum Gasteiger partial charge on any atom is -0.396 e. The van der Waals surface area contributed by atoms with E-state index in [2.05, 4.69) is 17.6 Å². The average molecular weight is 264 g/mol. The van der Waals surface area contributed by atoms with Gasteiger partial charge in [0.25, 0.3) is 0 Å². The van der Waals surface area contributed by atoms with Crippen molar-refractivity contribution in [2.45, 2.75) is 46.1 Å². The molecule has 0 atom stereocenters. The third-order valence-corrected chi connectivity index (χ3v) is 3.17. The van der Waals surface area contributed by atoms with Gasteiger partial charge in [0.05, 0.1) is 0 Å². The second-order valence-electron chi connectivity index (χ2n) is 5.40. The number of nitrogens with one attached hydrogen (secondary N) is 2. The second-order valence-corrected chi connectivity index (χ2v) is 5.40. The van der Waals surface area contributed by atoms with E-state index in [1.165, 1.54) is 0 Å². The van der Waals surface area contributed by atoms with Crippen molar-refractivity contribution in [1.29, 1.82) is 0 Å². The van der Waals surface area contributed by atoms with Crippen LogP contribution in [0.3, 0.4) is 0 Å². The molecule has 4 nitrogen and oxygen atoms in total. The molecule has 0 fully saturated rings. The van der Waals surface area contributed by atoms with Gasteiger partial charge in [-0.1, -0.05) is 25.1 Å². The third kappa shape index (κ3) is 4.56. The molecule has 2 amide bonds. The molecule has 0 aromatic heterocycles. The molecule has 0 aliphatic carbocycles. The molecule has 0 unspecified atom stereocenters. The monoisotopic (exact) mass is 264 g/mol. The summed E-state index contributed by atoms with van der Waals surface area (Å²) in [7, 11) is 0. The number of hydrogen-bond acceptors (Lipinski definition) is 2. The Labute approximate surface area is 115 Å². The smallest absolute Gasteiger partial charge is 0.319 e. The zero-order valence-corrected chi connectivity index (χ0v) is 12.2. The van der Waals surface area contributed by atoms with Crippen LogP contribution in [0.1, 0.15) is 38.3 Å². The first-order valence-corrected chi connectivity index (χ1v) is 6.68. The van der Waals surface area contributed by atoms with Crippen molar-refractivity contribution >= 4 is 11.7 Å². The Bertz CT molecular complexity index is 442. The first kappa shape index (κ1) is 15.5. The molecular weight excluding hydrogens is 240 g/mol. The minimum absolute atomic E-state index is 0.0534. The van der Waals surface area contributed by atoms with Gasteiger partial charge in [0, 0.05) is 17.8 Å². The molecule has 106 valence electrons. The van der Waals surface area contributed by atoms with E-state index in [-0.39, 0.29) is 12.6 Å². The van der Waals surface area contributed by atoms with Gasteiger partial charge in [0.1, 0.15) is 0 Å². The van der Waals surface area contributed by atoms with Crippen LogP contribution in [0, 0.1) is 6.92 Å². The first-order chi connectivity index (χ1) is 8.89. The van der Waals surface area contributed by atoms with Crippen molar-refractivity contribution in [2.24, 2.45) is 0 Å². The third-order valence-electron chi connectivity index (χ3n) is 3.17. The molecule has 0 heterocycles. The van der Waals surface area contributed by atoms with Crippen LogP contribution in [0.15, 0.2) is 18.2 Å². The van der Waals surface area contributed by atoms with E-state index in [0.717, 1.165) is 23.2 Å². The Morgan fingerprint density at radius 2 is 2.05 bits per heavy atom. The van der Waals surface area contributed by atoms with Crippen LogP contribution in [0.2, 0.25) is 0 Å². The van der Waals surface area contributed by atoms with Crippen molar-refractivity contribution in [3.8, 4) is 0 Å². The predicted molar refractivity (Wildman–Crippen MR) is 78.5 cm³/mol. The standard InChI is InChI=1S/C15H24N2O2/c1-5-12-8-6-7-11(2)13(12)16-14(19)17-15(3,4)9-10-18/h6-8,18H,5,9-10H2,1-4H3,(H2,16,17,19). The van der Waals surface area contributed by atoms with Gasteiger partial charge in [-0.3, -0.25) is 0 Å². The number of benzene rings is 1. The summed E-state index contributed by atoms with van der Waals surface area (Å²) in [6.45, 7) is 7.88. The van der Waals surface area contributed by atoms with Gasteiger partial charge >= 0.3 is 6.03 Å². The van der Waals surface area contributed by atoms with Gasteiger partial charge in [0.15, 0.2) is 0 Å². The fourth-order valence-corrected chi connectivity index (χ4v) is 2.00. The second kappa shape index (κ2) is 6.57. The molecule has 4 heteroatoms. The lowest BCUT2D eigenvalue weighted by Gasteiger charge is -2.26. The van der Waals surface area contributed by atoms with Crippen molar-refractivity contribution in [3.05, 3.63) is 29.3 Å². The average Bonchev–Trinajstić information content (AvgIpc) is 2.30. The lowest BCUT2D eigenvalue weighted by Crippen LogP contribution is -2.46. The van der Waals surface area contributed by atoms with Crippen LogP contribution in [-0.2, 0) is 6.42 Å². The van der Waals surface area contributed by atoms with Crippen molar-refractivity contribution in [2.75, 3.05) is 11.9 Å². The van der Waals surface area contributed by atoms with Gasteiger partial charge < -0.3 is 15.7 Å². The lowest BCUT2D eigenvalue weighted by atomic mass is 10.0. The maximum absolute atomic E-state index is 12.0. The fourth-order valence-electron chi connectivity index (χ4n) is 2.00. The number of hydrogen-bond donors (Lipinski definition) is 3. The lowest BCUT2D eigenvalue weighted by molar-refractivity contribution is 0.218. The van der Waals surface area contributed by atoms with E-state index >= 15 is 0 Å². The number of para-hydroxylation sites is 1. The summed E-state index contributed by atoms with van der Waals surface area (Å²) in [5.41, 5.74) is 2.63. The summed E-state index contributed by atoms with van der Waals surface area (Å²) >= 11 is 0. The highest BCUT2D eigenvalue weighted by Gasteiger charge is 2.20. The normalized spacial score (nSPS) is 11.2. The number of aliphatic hydroxyl groups is 1. The van der Waals surface area contributed by atoms with E-state index in [0.29, 0.717) is 6.42 Å². The minimum atomic E-state index is -0.423. The number of urea groups is 1. The van der Waals surface area contributed by atoms with Crippen molar-refractivity contribution in [3.63, 3.8) is 0 Å². The molecule has 0 spiro atoms. The highest BCUT2D eigenvalue weighted by atomic mass is 16.3. The number of aliphatic hydroxyl groups excluding tert-OH is 1. The molecule has 0 aliphatic heterocycles. The van der Waals surface area contributed by atoms with E-state index in [4.69, 9.17) is 5.11 Å². The summed E-state index contributed by atoms with van der Waals surface area (Å²) in [6, 6.07) is 5.75. The van der Waals surface area contributed by atoms with Crippen LogP contribution in [0.25, 0.3) is 0 Å². The van der Waals surface area contributed by atoms with Gasteiger partial charge in [-0.15, -0.1) is 0 Å². The number of amides is 2. The summed E-state index contributed by atoms with van der Waals surface area (Å²) in [5.74, 6) is 0. The quantitative estimate of drug-likeness (QED) is 0.766. The number of carbonyl (C=O) groups is 1. The molecule has 0 saturated carbocycles. The molecule has 1 rings (SSSR count). The summed E-state index contributed by atoms with van der Waals surface area (Å²) in [5, 5.41) is 14.7. The topological polar surface area (TPSA) is 61.4 Å². The number of aryl methyl sites for hydroxylation is 2. The van der Waals surface area contributed by atoms with E-state index in [1.807, 2.05) is 39.0 Å². The maximum atomic E-state index is 12.0.